The van der Waals surface area contributed by atoms with Gasteiger partial charge >= 0.3 is 5.69 Å². The van der Waals surface area contributed by atoms with Crippen LogP contribution in [-0.2, 0) is 4.74 Å². The van der Waals surface area contributed by atoms with Gasteiger partial charge in [0.1, 0.15) is 18.3 Å². The molecule has 0 aliphatic carbocycles. The van der Waals surface area contributed by atoms with Gasteiger partial charge in [-0.25, -0.2) is 4.79 Å². The lowest BCUT2D eigenvalue weighted by Gasteiger charge is -2.17. The highest BCUT2D eigenvalue weighted by atomic mass is 32.2. The summed E-state index contributed by atoms with van der Waals surface area (Å²) >= 11 is 1.17. The number of hydrogen-bond donors (Lipinski definition) is 4. The standard InChI is InChI=1S/C12H16N2O6S/c1-2-3-21-7-4-14(12(19)13-10(7)18)11-9(17)8(16)6(5-15)20-11/h2,4,6,8-9,11,15-17H,1,3,5H2,(H,13,18,19)/t6-,8-,9-,11-/m1/s1. The first-order chi connectivity index (χ1) is 9.99. The third-order valence-electron chi connectivity index (χ3n) is 3.08. The van der Waals surface area contributed by atoms with Crippen LogP contribution in [0, 0.1) is 0 Å². The summed E-state index contributed by atoms with van der Waals surface area (Å²) < 4.78 is 6.26. The molecule has 0 aromatic carbocycles. The summed E-state index contributed by atoms with van der Waals surface area (Å²) in [7, 11) is 0. The molecular formula is C12H16N2O6S. The molecule has 0 radical (unpaired) electrons. The van der Waals surface area contributed by atoms with Crippen molar-refractivity contribution in [2.45, 2.75) is 29.4 Å². The highest BCUT2D eigenvalue weighted by Gasteiger charge is 2.43. The van der Waals surface area contributed by atoms with Crippen LogP contribution in [0.1, 0.15) is 6.23 Å². The van der Waals surface area contributed by atoms with E-state index in [9.17, 15) is 19.8 Å². The van der Waals surface area contributed by atoms with Gasteiger partial charge in [-0.15, -0.1) is 18.3 Å². The average Bonchev–Trinajstić information content (AvgIpc) is 2.74. The summed E-state index contributed by atoms with van der Waals surface area (Å²) in [6.45, 7) is 3.04. The van der Waals surface area contributed by atoms with Crippen LogP contribution in [0.15, 0.2) is 33.3 Å². The minimum atomic E-state index is -1.39. The molecule has 9 heteroatoms. The van der Waals surface area contributed by atoms with Crippen molar-refractivity contribution in [1.29, 1.82) is 0 Å². The van der Waals surface area contributed by atoms with Gasteiger partial charge in [-0.05, 0) is 0 Å². The molecule has 0 amide bonds. The van der Waals surface area contributed by atoms with Gasteiger partial charge in [0.2, 0.25) is 0 Å². The lowest BCUT2D eigenvalue weighted by atomic mass is 10.1. The smallest absolute Gasteiger partial charge is 0.330 e. The summed E-state index contributed by atoms with van der Waals surface area (Å²) in [5, 5.41) is 28.7. The Morgan fingerprint density at radius 3 is 2.71 bits per heavy atom. The van der Waals surface area contributed by atoms with Crippen molar-refractivity contribution in [3.8, 4) is 0 Å². The molecule has 0 unspecified atom stereocenters. The van der Waals surface area contributed by atoms with Crippen LogP contribution >= 0.6 is 11.8 Å². The molecule has 0 saturated carbocycles. The Labute approximate surface area is 123 Å². The van der Waals surface area contributed by atoms with Crippen LogP contribution in [0.25, 0.3) is 0 Å². The maximum absolute atomic E-state index is 11.8. The Morgan fingerprint density at radius 2 is 2.14 bits per heavy atom. The van der Waals surface area contributed by atoms with Gasteiger partial charge in [0.15, 0.2) is 6.23 Å². The van der Waals surface area contributed by atoms with E-state index in [1.807, 2.05) is 0 Å². The van der Waals surface area contributed by atoms with Crippen LogP contribution in [0.3, 0.4) is 0 Å². The first-order valence-corrected chi connectivity index (χ1v) is 7.19. The number of thioether (sulfide) groups is 1. The molecule has 4 atom stereocenters. The van der Waals surface area contributed by atoms with Gasteiger partial charge in [0, 0.05) is 11.9 Å². The predicted octanol–water partition coefficient (Wildman–Crippen LogP) is -1.57. The average molecular weight is 316 g/mol. The number of nitrogens with zero attached hydrogens (tertiary/aromatic N) is 1. The van der Waals surface area contributed by atoms with Crippen LogP contribution in [-0.4, -0.2) is 55.5 Å². The van der Waals surface area contributed by atoms with Gasteiger partial charge in [-0.2, -0.15) is 0 Å². The third kappa shape index (κ3) is 3.11. The van der Waals surface area contributed by atoms with E-state index >= 15 is 0 Å². The van der Waals surface area contributed by atoms with E-state index in [0.29, 0.717) is 5.75 Å². The van der Waals surface area contributed by atoms with Crippen LogP contribution in [0.5, 0.6) is 0 Å². The zero-order chi connectivity index (χ0) is 15.6. The molecule has 1 aliphatic rings. The van der Waals surface area contributed by atoms with Crippen LogP contribution < -0.4 is 11.2 Å². The zero-order valence-corrected chi connectivity index (χ0v) is 11.8. The highest BCUT2D eigenvalue weighted by molar-refractivity contribution is 7.99. The van der Waals surface area contributed by atoms with E-state index in [4.69, 9.17) is 9.84 Å². The lowest BCUT2D eigenvalue weighted by molar-refractivity contribution is -0.0553. The molecule has 1 fully saturated rings. The SMILES string of the molecule is C=CCSc1cn([C@@H]2O[C@H](CO)[C@@H](O)[C@H]2O)c(=O)[nH]c1=O. The summed E-state index contributed by atoms with van der Waals surface area (Å²) in [4.78, 5) is 25.9. The first-order valence-electron chi connectivity index (χ1n) is 6.21. The van der Waals surface area contributed by atoms with Gasteiger partial charge in [-0.3, -0.25) is 14.3 Å². The molecule has 0 bridgehead atoms. The molecule has 2 heterocycles. The molecular weight excluding hydrogens is 300 g/mol. The molecule has 2 rings (SSSR count). The summed E-state index contributed by atoms with van der Waals surface area (Å²) in [5.74, 6) is 0.469. The highest BCUT2D eigenvalue weighted by Crippen LogP contribution is 2.28. The molecule has 1 saturated heterocycles. The Morgan fingerprint density at radius 1 is 1.43 bits per heavy atom. The molecule has 1 aromatic heterocycles. The molecule has 4 N–H and O–H groups in total. The van der Waals surface area contributed by atoms with Crippen molar-refractivity contribution in [3.63, 3.8) is 0 Å². The number of aromatic amines is 1. The number of hydrogen-bond acceptors (Lipinski definition) is 7. The molecule has 8 nitrogen and oxygen atoms in total. The van der Waals surface area contributed by atoms with Gasteiger partial charge in [0.05, 0.1) is 11.5 Å². The zero-order valence-electron chi connectivity index (χ0n) is 11.0. The van der Waals surface area contributed by atoms with E-state index < -0.39 is 42.4 Å². The fourth-order valence-electron chi connectivity index (χ4n) is 2.02. The number of ether oxygens (including phenoxy) is 1. The van der Waals surface area contributed by atoms with Crippen molar-refractivity contribution in [2.75, 3.05) is 12.4 Å². The van der Waals surface area contributed by atoms with Crippen molar-refractivity contribution in [2.24, 2.45) is 0 Å². The number of nitrogens with one attached hydrogen (secondary N) is 1. The Hall–Kier alpha value is -1.39. The second-order valence-corrected chi connectivity index (χ2v) is 5.55. The largest absolute Gasteiger partial charge is 0.394 e. The van der Waals surface area contributed by atoms with Crippen molar-refractivity contribution in [3.05, 3.63) is 39.7 Å². The van der Waals surface area contributed by atoms with Crippen molar-refractivity contribution in [1.82, 2.24) is 9.55 Å². The summed E-state index contributed by atoms with van der Waals surface area (Å²) in [5.41, 5.74) is -1.31. The van der Waals surface area contributed by atoms with E-state index in [1.165, 1.54) is 18.0 Å². The van der Waals surface area contributed by atoms with Gasteiger partial charge in [0.25, 0.3) is 5.56 Å². The first kappa shape index (κ1) is 16.0. The van der Waals surface area contributed by atoms with E-state index in [2.05, 4.69) is 11.6 Å². The number of H-pyrrole nitrogens is 1. The Bertz CT molecular complexity index is 627. The van der Waals surface area contributed by atoms with Crippen LogP contribution in [0.4, 0.5) is 0 Å². The monoisotopic (exact) mass is 316 g/mol. The second kappa shape index (κ2) is 6.58. The van der Waals surface area contributed by atoms with Gasteiger partial charge < -0.3 is 20.1 Å². The maximum atomic E-state index is 11.8. The van der Waals surface area contributed by atoms with E-state index in [1.54, 1.807) is 6.08 Å². The van der Waals surface area contributed by atoms with Crippen molar-refractivity contribution < 1.29 is 20.1 Å². The fourth-order valence-corrected chi connectivity index (χ4v) is 2.68. The van der Waals surface area contributed by atoms with E-state index in [0.717, 1.165) is 4.57 Å². The predicted molar refractivity (Wildman–Crippen MR) is 75.3 cm³/mol. The number of rotatable bonds is 5. The molecule has 1 aliphatic heterocycles. The topological polar surface area (TPSA) is 125 Å². The molecule has 21 heavy (non-hydrogen) atoms. The van der Waals surface area contributed by atoms with Gasteiger partial charge in [-0.1, -0.05) is 6.08 Å². The normalized spacial score (nSPS) is 28.7. The van der Waals surface area contributed by atoms with E-state index in [-0.39, 0.29) is 4.90 Å². The lowest BCUT2D eigenvalue weighted by Crippen LogP contribution is -2.38. The Kier molecular flexibility index (Phi) is 5.01. The van der Waals surface area contributed by atoms with Crippen molar-refractivity contribution >= 4 is 11.8 Å². The summed E-state index contributed by atoms with van der Waals surface area (Å²) in [6, 6.07) is 0. The summed E-state index contributed by atoms with van der Waals surface area (Å²) in [6.07, 6.45) is -2.01. The number of aliphatic hydroxyl groups is 3. The molecule has 116 valence electrons. The number of aliphatic hydroxyl groups excluding tert-OH is 3. The molecule has 0 spiro atoms. The fraction of sp³-hybridized carbons (Fsp3) is 0.500. The minimum absolute atomic E-state index is 0.257. The third-order valence-corrected chi connectivity index (χ3v) is 4.09. The number of aromatic nitrogens is 2. The second-order valence-electron chi connectivity index (χ2n) is 4.49. The minimum Gasteiger partial charge on any atom is -0.394 e. The van der Waals surface area contributed by atoms with Crippen LogP contribution in [0.2, 0.25) is 0 Å². The maximum Gasteiger partial charge on any atom is 0.330 e. The molecule has 1 aromatic rings. The Balaban J connectivity index is 2.37. The quantitative estimate of drug-likeness (QED) is 0.382.